The highest BCUT2D eigenvalue weighted by Crippen LogP contribution is 2.30. The summed E-state index contributed by atoms with van der Waals surface area (Å²) in [5.74, 6) is -0.310. The minimum atomic E-state index is -1.08. The van der Waals surface area contributed by atoms with E-state index in [0.717, 1.165) is 37.7 Å². The van der Waals surface area contributed by atoms with Gasteiger partial charge in [-0.1, -0.05) is 12.1 Å². The molecule has 1 heterocycles. The fourth-order valence-electron chi connectivity index (χ4n) is 3.54. The lowest BCUT2D eigenvalue weighted by molar-refractivity contribution is 0.0748. The highest BCUT2D eigenvalue weighted by Gasteiger charge is 2.27. The van der Waals surface area contributed by atoms with Gasteiger partial charge in [-0.05, 0) is 50.2 Å². The van der Waals surface area contributed by atoms with E-state index in [1.54, 1.807) is 18.2 Å². The Morgan fingerprint density at radius 3 is 2.75 bits per heavy atom. The molecule has 1 atom stereocenters. The summed E-state index contributed by atoms with van der Waals surface area (Å²) in [5, 5.41) is 14.2. The molecule has 24 heavy (non-hydrogen) atoms. The summed E-state index contributed by atoms with van der Waals surface area (Å²) in [4.78, 5) is 24.9. The lowest BCUT2D eigenvalue weighted by Gasteiger charge is -2.19. The van der Waals surface area contributed by atoms with Gasteiger partial charge in [-0.15, -0.1) is 0 Å². The van der Waals surface area contributed by atoms with Gasteiger partial charge < -0.3 is 14.8 Å². The maximum atomic E-state index is 12.8. The lowest BCUT2D eigenvalue weighted by Crippen LogP contribution is -2.34. The highest BCUT2D eigenvalue weighted by atomic mass is 16.4. The first-order valence-electron chi connectivity index (χ1n) is 8.68. The predicted molar refractivity (Wildman–Crippen MR) is 90.5 cm³/mol. The molecule has 1 fully saturated rings. The van der Waals surface area contributed by atoms with Crippen LogP contribution in [0.3, 0.4) is 0 Å². The number of hydrogen-bond acceptors (Lipinski definition) is 5. The second kappa shape index (κ2) is 6.15. The van der Waals surface area contributed by atoms with Crippen molar-refractivity contribution in [3.8, 4) is 0 Å². The summed E-state index contributed by atoms with van der Waals surface area (Å²) < 4.78 is 5.43. The molecule has 0 amide bonds. The van der Waals surface area contributed by atoms with Crippen LogP contribution in [0.25, 0.3) is 11.0 Å². The molecule has 5 heteroatoms. The van der Waals surface area contributed by atoms with E-state index in [1.807, 2.05) is 0 Å². The van der Waals surface area contributed by atoms with Gasteiger partial charge in [0.1, 0.15) is 11.7 Å². The second-order valence-electron chi connectivity index (χ2n) is 6.80. The number of Topliss-reactive ketones (excluding diaryl/α,β-unsaturated/α-hetero) is 1. The zero-order valence-electron chi connectivity index (χ0n) is 13.5. The van der Waals surface area contributed by atoms with Crippen LogP contribution in [0, 0.1) is 0 Å². The van der Waals surface area contributed by atoms with Crippen LogP contribution in [0.4, 0.5) is 0 Å². The summed E-state index contributed by atoms with van der Waals surface area (Å²) in [6.45, 7) is 0.263. The topological polar surface area (TPSA) is 79.5 Å². The van der Waals surface area contributed by atoms with E-state index in [0.29, 0.717) is 34.6 Å². The minimum absolute atomic E-state index is 0.263. The largest absolute Gasteiger partial charge is 0.422 e. The Bertz CT molecular complexity index is 850. The van der Waals surface area contributed by atoms with E-state index >= 15 is 0 Å². The summed E-state index contributed by atoms with van der Waals surface area (Å²) in [6.07, 6.45) is 4.57. The lowest BCUT2D eigenvalue weighted by atomic mass is 9.87. The number of nitrogens with one attached hydrogen (secondary N) is 1. The molecule has 2 aliphatic rings. The molecular weight excluding hydrogens is 306 g/mol. The van der Waals surface area contributed by atoms with Crippen LogP contribution in [0.15, 0.2) is 27.4 Å². The van der Waals surface area contributed by atoms with Gasteiger partial charge >= 0.3 is 5.63 Å². The predicted octanol–water partition coefficient (Wildman–Crippen LogP) is 1.97. The number of aryl methyl sites for hydroxylation is 1. The highest BCUT2D eigenvalue weighted by molar-refractivity contribution is 6.10. The maximum Gasteiger partial charge on any atom is 0.339 e. The summed E-state index contributed by atoms with van der Waals surface area (Å²) in [7, 11) is 0. The van der Waals surface area contributed by atoms with Crippen molar-refractivity contribution < 1.29 is 14.3 Å². The van der Waals surface area contributed by atoms with Gasteiger partial charge in [0.2, 0.25) is 0 Å². The van der Waals surface area contributed by atoms with Crippen LogP contribution in [-0.2, 0) is 12.8 Å². The van der Waals surface area contributed by atoms with Crippen molar-refractivity contribution in [3.63, 3.8) is 0 Å². The van der Waals surface area contributed by atoms with Gasteiger partial charge in [0.15, 0.2) is 5.78 Å². The van der Waals surface area contributed by atoms with Gasteiger partial charge in [-0.3, -0.25) is 4.79 Å². The molecule has 2 aliphatic carbocycles. The van der Waals surface area contributed by atoms with Gasteiger partial charge in [0, 0.05) is 29.1 Å². The third-order valence-corrected chi connectivity index (χ3v) is 4.99. The van der Waals surface area contributed by atoms with Crippen molar-refractivity contribution in [2.75, 3.05) is 6.54 Å². The molecule has 1 unspecified atom stereocenters. The number of aliphatic hydroxyl groups is 1. The molecule has 0 saturated heterocycles. The fraction of sp³-hybridized carbons (Fsp3) is 0.474. The minimum Gasteiger partial charge on any atom is -0.422 e. The number of benzene rings is 1. The smallest absolute Gasteiger partial charge is 0.339 e. The third kappa shape index (κ3) is 2.78. The number of hydrogen-bond donors (Lipinski definition) is 2. The Kier molecular flexibility index (Phi) is 3.98. The first kappa shape index (κ1) is 15.5. The number of ketones is 1. The number of carbonyl (C=O) groups is 1. The van der Waals surface area contributed by atoms with Crippen molar-refractivity contribution in [1.29, 1.82) is 0 Å². The number of fused-ring (bicyclic) bond motifs is 3. The Morgan fingerprint density at radius 1 is 1.25 bits per heavy atom. The van der Waals surface area contributed by atoms with Crippen LogP contribution in [0.2, 0.25) is 0 Å². The number of rotatable bonds is 5. The summed E-state index contributed by atoms with van der Waals surface area (Å²) in [6, 6.07) is 5.58. The van der Waals surface area contributed by atoms with Crippen molar-refractivity contribution in [3.05, 3.63) is 45.3 Å². The average Bonchev–Trinajstić information content (AvgIpc) is 3.43. The van der Waals surface area contributed by atoms with E-state index in [-0.39, 0.29) is 18.0 Å². The van der Waals surface area contributed by atoms with E-state index in [1.165, 1.54) is 0 Å². The van der Waals surface area contributed by atoms with Gasteiger partial charge in [-0.2, -0.15) is 0 Å². The van der Waals surface area contributed by atoms with Crippen LogP contribution in [0.1, 0.15) is 47.2 Å². The van der Waals surface area contributed by atoms with E-state index < -0.39 is 6.10 Å². The molecule has 4 rings (SSSR count). The Labute approximate surface area is 139 Å². The standard InChI is InChI=1S/C19H21NO4/c21-15(10-20-11-8-9-11)18(22)14-6-3-7-16-17(14)12-4-1-2-5-13(12)19(23)24-16/h3,6-7,11,15,20-21H,1-2,4-5,8-10H2. The molecule has 1 saturated carbocycles. The average molecular weight is 327 g/mol. The van der Waals surface area contributed by atoms with Crippen molar-refractivity contribution >= 4 is 16.8 Å². The van der Waals surface area contributed by atoms with Crippen LogP contribution >= 0.6 is 0 Å². The first-order valence-corrected chi connectivity index (χ1v) is 8.68. The first-order chi connectivity index (χ1) is 11.6. The van der Waals surface area contributed by atoms with Gasteiger partial charge in [0.25, 0.3) is 0 Å². The van der Waals surface area contributed by atoms with E-state index in [4.69, 9.17) is 4.42 Å². The molecule has 0 radical (unpaired) electrons. The zero-order valence-corrected chi connectivity index (χ0v) is 13.5. The molecule has 2 N–H and O–H groups in total. The molecule has 2 aromatic rings. The van der Waals surface area contributed by atoms with Crippen molar-refractivity contribution in [2.45, 2.75) is 50.7 Å². The van der Waals surface area contributed by atoms with Gasteiger partial charge in [-0.25, -0.2) is 4.79 Å². The van der Waals surface area contributed by atoms with E-state index in [2.05, 4.69) is 5.32 Å². The molecule has 0 spiro atoms. The van der Waals surface area contributed by atoms with Crippen LogP contribution in [-0.4, -0.2) is 29.6 Å². The maximum absolute atomic E-state index is 12.8. The third-order valence-electron chi connectivity index (χ3n) is 4.99. The van der Waals surface area contributed by atoms with Crippen LogP contribution in [0.5, 0.6) is 0 Å². The quantitative estimate of drug-likeness (QED) is 0.648. The molecule has 126 valence electrons. The van der Waals surface area contributed by atoms with Crippen LogP contribution < -0.4 is 10.9 Å². The number of aliphatic hydroxyl groups excluding tert-OH is 1. The monoisotopic (exact) mass is 327 g/mol. The summed E-state index contributed by atoms with van der Waals surface area (Å²) in [5.41, 5.74) is 2.23. The fourth-order valence-corrected chi connectivity index (χ4v) is 3.54. The summed E-state index contributed by atoms with van der Waals surface area (Å²) >= 11 is 0. The molecular formula is C19H21NO4. The van der Waals surface area contributed by atoms with Crippen molar-refractivity contribution in [2.24, 2.45) is 0 Å². The Hall–Kier alpha value is -1.98. The Morgan fingerprint density at radius 2 is 2.00 bits per heavy atom. The Balaban J connectivity index is 1.77. The molecule has 1 aromatic heterocycles. The van der Waals surface area contributed by atoms with Crippen molar-refractivity contribution in [1.82, 2.24) is 5.32 Å². The molecule has 5 nitrogen and oxygen atoms in total. The molecule has 0 bridgehead atoms. The number of carbonyl (C=O) groups excluding carboxylic acids is 1. The SMILES string of the molecule is O=C(c1cccc2oc(=O)c3c(c12)CCCC3)C(O)CNC1CC1. The normalized spacial score (nSPS) is 18.4. The zero-order chi connectivity index (χ0) is 16.7. The van der Waals surface area contributed by atoms with Gasteiger partial charge in [0.05, 0.1) is 0 Å². The second-order valence-corrected chi connectivity index (χ2v) is 6.80. The molecule has 0 aliphatic heterocycles. The molecule has 1 aromatic carbocycles. The van der Waals surface area contributed by atoms with E-state index in [9.17, 15) is 14.7 Å².